The Bertz CT molecular complexity index is 658. The molecule has 0 aliphatic heterocycles. The normalized spacial score (nSPS) is 10.3. The predicted octanol–water partition coefficient (Wildman–Crippen LogP) is 3.61. The Morgan fingerprint density at radius 3 is 2.29 bits per heavy atom. The van der Waals surface area contributed by atoms with Gasteiger partial charge in [0.15, 0.2) is 0 Å². The molecule has 2 aromatic rings. The van der Waals surface area contributed by atoms with Gasteiger partial charge in [-0.3, -0.25) is 4.79 Å². The third-order valence-corrected chi connectivity index (χ3v) is 3.75. The number of hydrogen-bond donors (Lipinski definition) is 2. The quantitative estimate of drug-likeness (QED) is 0.698. The molecule has 0 heterocycles. The minimum atomic E-state index is -0.227. The lowest BCUT2D eigenvalue weighted by molar-refractivity contribution is -0.115. The van der Waals surface area contributed by atoms with E-state index < -0.39 is 0 Å². The predicted molar refractivity (Wildman–Crippen MR) is 96.5 cm³/mol. The van der Waals surface area contributed by atoms with E-state index in [2.05, 4.69) is 10.6 Å². The van der Waals surface area contributed by atoms with Crippen LogP contribution in [-0.4, -0.2) is 32.7 Å². The molecule has 0 fully saturated rings. The molecule has 24 heavy (non-hydrogen) atoms. The Balaban J connectivity index is 1.67. The van der Waals surface area contributed by atoms with Crippen LogP contribution in [0.2, 0.25) is 10.0 Å². The molecule has 0 aromatic heterocycles. The SMILES string of the molecule is COc1ccc(OCCNCC(=O)Nc2c(Cl)cccc2Cl)cc1. The average Bonchev–Trinajstić information content (AvgIpc) is 2.58. The third kappa shape index (κ3) is 5.60. The van der Waals surface area contributed by atoms with E-state index in [0.29, 0.717) is 28.9 Å². The largest absolute Gasteiger partial charge is 0.497 e. The van der Waals surface area contributed by atoms with Gasteiger partial charge in [0.25, 0.3) is 0 Å². The summed E-state index contributed by atoms with van der Waals surface area (Å²) in [5.41, 5.74) is 0.419. The van der Waals surface area contributed by atoms with E-state index in [0.717, 1.165) is 11.5 Å². The van der Waals surface area contributed by atoms with Gasteiger partial charge in [0.1, 0.15) is 18.1 Å². The summed E-state index contributed by atoms with van der Waals surface area (Å²) in [7, 11) is 1.61. The summed E-state index contributed by atoms with van der Waals surface area (Å²) in [6.45, 7) is 1.09. The number of ether oxygens (including phenoxy) is 2. The van der Waals surface area contributed by atoms with Crippen LogP contribution in [0.3, 0.4) is 0 Å². The fraction of sp³-hybridized carbons (Fsp3) is 0.235. The lowest BCUT2D eigenvalue weighted by atomic mass is 10.3. The highest BCUT2D eigenvalue weighted by Gasteiger charge is 2.09. The van der Waals surface area contributed by atoms with Gasteiger partial charge in [-0.05, 0) is 36.4 Å². The molecule has 1 amide bonds. The highest BCUT2D eigenvalue weighted by Crippen LogP contribution is 2.29. The van der Waals surface area contributed by atoms with Crippen molar-refractivity contribution in [1.29, 1.82) is 0 Å². The molecule has 0 aliphatic carbocycles. The molecule has 0 spiro atoms. The van der Waals surface area contributed by atoms with E-state index in [9.17, 15) is 4.79 Å². The Morgan fingerprint density at radius 1 is 1.04 bits per heavy atom. The Labute approximate surface area is 150 Å². The van der Waals surface area contributed by atoms with Crippen molar-refractivity contribution in [2.75, 3.05) is 32.1 Å². The van der Waals surface area contributed by atoms with Crippen molar-refractivity contribution >= 4 is 34.8 Å². The molecule has 0 radical (unpaired) electrons. The molecule has 0 saturated carbocycles. The Morgan fingerprint density at radius 2 is 1.67 bits per heavy atom. The van der Waals surface area contributed by atoms with Gasteiger partial charge in [0.05, 0.1) is 29.4 Å². The number of nitrogens with one attached hydrogen (secondary N) is 2. The number of rotatable bonds is 8. The molecular weight excluding hydrogens is 351 g/mol. The first-order chi connectivity index (χ1) is 11.6. The molecule has 0 aliphatic rings. The van der Waals surface area contributed by atoms with Crippen molar-refractivity contribution in [2.45, 2.75) is 0 Å². The minimum Gasteiger partial charge on any atom is -0.497 e. The maximum Gasteiger partial charge on any atom is 0.238 e. The summed E-state index contributed by atoms with van der Waals surface area (Å²) in [6.07, 6.45) is 0. The lowest BCUT2D eigenvalue weighted by Crippen LogP contribution is -2.31. The summed E-state index contributed by atoms with van der Waals surface area (Å²) in [4.78, 5) is 11.9. The molecule has 0 atom stereocenters. The number of anilines is 1. The molecule has 7 heteroatoms. The van der Waals surface area contributed by atoms with E-state index in [-0.39, 0.29) is 12.5 Å². The lowest BCUT2D eigenvalue weighted by Gasteiger charge is -2.10. The van der Waals surface area contributed by atoms with Crippen LogP contribution in [0, 0.1) is 0 Å². The summed E-state index contributed by atoms with van der Waals surface area (Å²) < 4.78 is 10.6. The van der Waals surface area contributed by atoms with Crippen LogP contribution in [0.15, 0.2) is 42.5 Å². The number of hydrogen-bond acceptors (Lipinski definition) is 4. The van der Waals surface area contributed by atoms with E-state index in [1.54, 1.807) is 25.3 Å². The first-order valence-electron chi connectivity index (χ1n) is 7.31. The average molecular weight is 369 g/mol. The molecule has 0 bridgehead atoms. The van der Waals surface area contributed by atoms with E-state index >= 15 is 0 Å². The maximum atomic E-state index is 11.9. The summed E-state index contributed by atoms with van der Waals surface area (Å²) in [5, 5.41) is 6.47. The number of para-hydroxylation sites is 1. The number of amides is 1. The zero-order chi connectivity index (χ0) is 17.4. The van der Waals surface area contributed by atoms with Gasteiger partial charge in [-0.25, -0.2) is 0 Å². The third-order valence-electron chi connectivity index (χ3n) is 3.12. The van der Waals surface area contributed by atoms with E-state index in [1.165, 1.54) is 0 Å². The van der Waals surface area contributed by atoms with Crippen molar-refractivity contribution < 1.29 is 14.3 Å². The van der Waals surface area contributed by atoms with Crippen LogP contribution in [0.25, 0.3) is 0 Å². The molecule has 128 valence electrons. The van der Waals surface area contributed by atoms with Crippen LogP contribution >= 0.6 is 23.2 Å². The van der Waals surface area contributed by atoms with Crippen LogP contribution in [0.1, 0.15) is 0 Å². The topological polar surface area (TPSA) is 59.6 Å². The first-order valence-corrected chi connectivity index (χ1v) is 8.07. The molecule has 2 rings (SSSR count). The van der Waals surface area contributed by atoms with Gasteiger partial charge in [-0.1, -0.05) is 29.3 Å². The van der Waals surface area contributed by atoms with Gasteiger partial charge in [-0.15, -0.1) is 0 Å². The minimum absolute atomic E-state index is 0.132. The van der Waals surface area contributed by atoms with Crippen molar-refractivity contribution in [2.24, 2.45) is 0 Å². The number of methoxy groups -OCH3 is 1. The fourth-order valence-electron chi connectivity index (χ4n) is 1.92. The van der Waals surface area contributed by atoms with Gasteiger partial charge >= 0.3 is 0 Å². The van der Waals surface area contributed by atoms with Crippen LogP contribution in [0.5, 0.6) is 11.5 Å². The van der Waals surface area contributed by atoms with Crippen molar-refractivity contribution in [1.82, 2.24) is 5.32 Å². The fourth-order valence-corrected chi connectivity index (χ4v) is 2.41. The molecule has 2 aromatic carbocycles. The number of carbonyl (C=O) groups excluding carboxylic acids is 1. The second-order valence-electron chi connectivity index (χ2n) is 4.85. The number of carbonyl (C=O) groups is 1. The Kier molecular flexibility index (Phi) is 7.18. The van der Waals surface area contributed by atoms with Crippen LogP contribution < -0.4 is 20.1 Å². The maximum absolute atomic E-state index is 11.9. The van der Waals surface area contributed by atoms with E-state index in [1.807, 2.05) is 24.3 Å². The van der Waals surface area contributed by atoms with Crippen molar-refractivity contribution in [3.8, 4) is 11.5 Å². The smallest absolute Gasteiger partial charge is 0.238 e. The zero-order valence-electron chi connectivity index (χ0n) is 13.1. The summed E-state index contributed by atoms with van der Waals surface area (Å²) >= 11 is 12.0. The standard InChI is InChI=1S/C17H18Cl2N2O3/c1-23-12-5-7-13(8-6-12)24-10-9-20-11-16(22)21-17-14(18)3-2-4-15(17)19/h2-8,20H,9-11H2,1H3,(H,21,22). The highest BCUT2D eigenvalue weighted by atomic mass is 35.5. The molecule has 0 unspecified atom stereocenters. The number of benzene rings is 2. The summed E-state index contributed by atoms with van der Waals surface area (Å²) in [5.74, 6) is 1.29. The monoisotopic (exact) mass is 368 g/mol. The van der Waals surface area contributed by atoms with Crippen LogP contribution in [0.4, 0.5) is 5.69 Å². The van der Waals surface area contributed by atoms with E-state index in [4.69, 9.17) is 32.7 Å². The number of halogens is 2. The van der Waals surface area contributed by atoms with Gasteiger partial charge in [0, 0.05) is 6.54 Å². The van der Waals surface area contributed by atoms with Crippen LogP contribution in [-0.2, 0) is 4.79 Å². The second kappa shape index (κ2) is 9.37. The summed E-state index contributed by atoms with van der Waals surface area (Å²) in [6, 6.07) is 12.3. The van der Waals surface area contributed by atoms with Crippen molar-refractivity contribution in [3.63, 3.8) is 0 Å². The first kappa shape index (κ1) is 18.4. The second-order valence-corrected chi connectivity index (χ2v) is 5.66. The van der Waals surface area contributed by atoms with Gasteiger partial charge < -0.3 is 20.1 Å². The van der Waals surface area contributed by atoms with Crippen molar-refractivity contribution in [3.05, 3.63) is 52.5 Å². The van der Waals surface area contributed by atoms with Gasteiger partial charge in [0.2, 0.25) is 5.91 Å². The molecule has 0 saturated heterocycles. The molecule has 2 N–H and O–H groups in total. The Hall–Kier alpha value is -1.95. The van der Waals surface area contributed by atoms with Gasteiger partial charge in [-0.2, -0.15) is 0 Å². The highest BCUT2D eigenvalue weighted by molar-refractivity contribution is 6.39. The molecular formula is C17H18Cl2N2O3. The zero-order valence-corrected chi connectivity index (χ0v) is 14.7. The molecule has 5 nitrogen and oxygen atoms in total.